The molecule has 0 spiro atoms. The van der Waals surface area contributed by atoms with Gasteiger partial charge in [0.05, 0.1) is 0 Å². The van der Waals surface area contributed by atoms with Crippen molar-refractivity contribution in [1.82, 2.24) is 4.98 Å². The quantitative estimate of drug-likeness (QED) is 0.885. The van der Waals surface area contributed by atoms with Crippen LogP contribution in [0.1, 0.15) is 27.0 Å². The summed E-state index contributed by atoms with van der Waals surface area (Å²) < 4.78 is 0. The predicted molar refractivity (Wildman–Crippen MR) is 76.0 cm³/mol. The number of nitrogens with one attached hydrogen (secondary N) is 1. The lowest BCUT2D eigenvalue weighted by atomic mass is 9.99. The number of benzene rings is 1. The topological polar surface area (TPSA) is 68.0 Å². The van der Waals surface area contributed by atoms with Crippen LogP contribution in [0.15, 0.2) is 36.7 Å². The first kappa shape index (κ1) is 13.2. The van der Waals surface area contributed by atoms with E-state index in [0.717, 1.165) is 22.4 Å². The molecule has 0 aliphatic rings. The zero-order valence-corrected chi connectivity index (χ0v) is 11.1. The normalized spacial score (nSPS) is 10.3. The lowest BCUT2D eigenvalue weighted by Crippen LogP contribution is -2.13. The number of carbonyl (C=O) groups excluding carboxylic acids is 1. The van der Waals surface area contributed by atoms with Crippen LogP contribution < -0.4 is 11.1 Å². The number of carbonyl (C=O) groups is 1. The summed E-state index contributed by atoms with van der Waals surface area (Å²) in [6, 6.07) is 7.25. The van der Waals surface area contributed by atoms with Crippen LogP contribution in [0, 0.1) is 13.8 Å². The second-order valence-corrected chi connectivity index (χ2v) is 4.48. The molecule has 1 aromatic carbocycles. The fourth-order valence-corrected chi connectivity index (χ4v) is 2.08. The van der Waals surface area contributed by atoms with Crippen molar-refractivity contribution >= 4 is 11.6 Å². The zero-order chi connectivity index (χ0) is 13.8. The second-order valence-electron chi connectivity index (χ2n) is 4.48. The van der Waals surface area contributed by atoms with E-state index in [1.165, 1.54) is 0 Å². The smallest absolute Gasteiger partial charge is 0.255 e. The maximum Gasteiger partial charge on any atom is 0.255 e. The predicted octanol–water partition coefficient (Wildman–Crippen LogP) is 2.41. The van der Waals surface area contributed by atoms with Gasteiger partial charge in [0, 0.05) is 30.2 Å². The number of hydrogen-bond acceptors (Lipinski definition) is 3. The molecular formula is C15H17N3O. The molecule has 4 heteroatoms. The molecule has 0 aliphatic carbocycles. The standard InChI is InChI=1S/C15H17N3O/c1-10-7-12(8-11(2)14(10)9-16)15(19)18-13-3-5-17-6-4-13/h3-8H,9,16H2,1-2H3,(H,17,18,19). The van der Waals surface area contributed by atoms with Gasteiger partial charge in [-0.1, -0.05) is 0 Å². The molecule has 0 fully saturated rings. The monoisotopic (exact) mass is 255 g/mol. The third kappa shape index (κ3) is 2.98. The molecule has 3 N–H and O–H groups in total. The SMILES string of the molecule is Cc1cc(C(=O)Nc2ccncc2)cc(C)c1CN. The average molecular weight is 255 g/mol. The number of amides is 1. The van der Waals surface area contributed by atoms with E-state index in [-0.39, 0.29) is 5.91 Å². The first-order valence-electron chi connectivity index (χ1n) is 6.13. The molecule has 0 aliphatic heterocycles. The largest absolute Gasteiger partial charge is 0.326 e. The van der Waals surface area contributed by atoms with E-state index >= 15 is 0 Å². The van der Waals surface area contributed by atoms with Crippen molar-refractivity contribution in [3.8, 4) is 0 Å². The molecule has 0 atom stereocenters. The average Bonchev–Trinajstić information content (AvgIpc) is 2.39. The van der Waals surface area contributed by atoms with Gasteiger partial charge in [-0.15, -0.1) is 0 Å². The third-order valence-electron chi connectivity index (χ3n) is 3.10. The van der Waals surface area contributed by atoms with E-state index in [4.69, 9.17) is 5.73 Å². The summed E-state index contributed by atoms with van der Waals surface area (Å²) in [7, 11) is 0. The number of aromatic nitrogens is 1. The highest BCUT2D eigenvalue weighted by Gasteiger charge is 2.10. The molecule has 1 amide bonds. The number of nitrogens with zero attached hydrogens (tertiary/aromatic N) is 1. The van der Waals surface area contributed by atoms with E-state index < -0.39 is 0 Å². The fourth-order valence-electron chi connectivity index (χ4n) is 2.08. The van der Waals surface area contributed by atoms with Crippen LogP contribution in [0.4, 0.5) is 5.69 Å². The molecule has 1 heterocycles. The molecule has 0 saturated carbocycles. The summed E-state index contributed by atoms with van der Waals surface area (Å²) in [5.74, 6) is -0.124. The number of nitrogens with two attached hydrogens (primary N) is 1. The number of pyridine rings is 1. The highest BCUT2D eigenvalue weighted by molar-refractivity contribution is 6.04. The molecule has 2 rings (SSSR count). The zero-order valence-electron chi connectivity index (χ0n) is 11.1. The van der Waals surface area contributed by atoms with Gasteiger partial charge < -0.3 is 11.1 Å². The van der Waals surface area contributed by atoms with Gasteiger partial charge >= 0.3 is 0 Å². The van der Waals surface area contributed by atoms with Crippen molar-refractivity contribution in [3.63, 3.8) is 0 Å². The van der Waals surface area contributed by atoms with E-state index in [1.54, 1.807) is 24.5 Å². The van der Waals surface area contributed by atoms with Crippen molar-refractivity contribution in [2.75, 3.05) is 5.32 Å². The lowest BCUT2D eigenvalue weighted by molar-refractivity contribution is 0.102. The van der Waals surface area contributed by atoms with E-state index in [0.29, 0.717) is 12.1 Å². The summed E-state index contributed by atoms with van der Waals surface area (Å²) in [5, 5.41) is 2.84. The third-order valence-corrected chi connectivity index (χ3v) is 3.10. The van der Waals surface area contributed by atoms with Gasteiger partial charge in [0.2, 0.25) is 0 Å². The minimum atomic E-state index is -0.124. The van der Waals surface area contributed by atoms with E-state index in [1.807, 2.05) is 26.0 Å². The molecule has 0 bridgehead atoms. The van der Waals surface area contributed by atoms with Crippen molar-refractivity contribution in [2.24, 2.45) is 5.73 Å². The second kappa shape index (κ2) is 5.63. The van der Waals surface area contributed by atoms with Crippen molar-refractivity contribution in [3.05, 3.63) is 58.9 Å². The number of rotatable bonds is 3. The maximum absolute atomic E-state index is 12.2. The van der Waals surface area contributed by atoms with Crippen LogP contribution >= 0.6 is 0 Å². The molecule has 98 valence electrons. The van der Waals surface area contributed by atoms with Crippen LogP contribution in [0.2, 0.25) is 0 Å². The summed E-state index contributed by atoms with van der Waals surface area (Å²) >= 11 is 0. The Morgan fingerprint density at radius 1 is 1.21 bits per heavy atom. The van der Waals surface area contributed by atoms with Crippen LogP contribution in [-0.4, -0.2) is 10.9 Å². The molecule has 0 saturated heterocycles. The Kier molecular flexibility index (Phi) is 3.92. The molecule has 0 radical (unpaired) electrons. The molecule has 4 nitrogen and oxygen atoms in total. The van der Waals surface area contributed by atoms with Crippen molar-refractivity contribution in [2.45, 2.75) is 20.4 Å². The van der Waals surface area contributed by atoms with Crippen LogP contribution in [0.3, 0.4) is 0 Å². The maximum atomic E-state index is 12.2. The van der Waals surface area contributed by atoms with Gasteiger partial charge in [-0.25, -0.2) is 0 Å². The molecule has 0 unspecified atom stereocenters. The van der Waals surface area contributed by atoms with Gasteiger partial charge in [0.15, 0.2) is 0 Å². The lowest BCUT2D eigenvalue weighted by Gasteiger charge is -2.11. The van der Waals surface area contributed by atoms with Crippen LogP contribution in [0.5, 0.6) is 0 Å². The van der Waals surface area contributed by atoms with Gasteiger partial charge in [0.25, 0.3) is 5.91 Å². The molecule has 19 heavy (non-hydrogen) atoms. The Hall–Kier alpha value is -2.20. The van der Waals surface area contributed by atoms with Gasteiger partial charge in [-0.3, -0.25) is 9.78 Å². The Balaban J connectivity index is 2.25. The Labute approximate surface area is 112 Å². The summed E-state index contributed by atoms with van der Waals surface area (Å²) in [4.78, 5) is 16.1. The summed E-state index contributed by atoms with van der Waals surface area (Å²) in [5.41, 5.74) is 10.3. The fraction of sp³-hybridized carbons (Fsp3) is 0.200. The Morgan fingerprint density at radius 2 is 1.79 bits per heavy atom. The van der Waals surface area contributed by atoms with Gasteiger partial charge in [-0.05, 0) is 54.8 Å². The Morgan fingerprint density at radius 3 is 2.32 bits per heavy atom. The van der Waals surface area contributed by atoms with E-state index in [9.17, 15) is 4.79 Å². The molecule has 1 aromatic heterocycles. The number of hydrogen-bond donors (Lipinski definition) is 2. The van der Waals surface area contributed by atoms with Crippen molar-refractivity contribution < 1.29 is 4.79 Å². The van der Waals surface area contributed by atoms with Crippen molar-refractivity contribution in [1.29, 1.82) is 0 Å². The first-order chi connectivity index (χ1) is 9.11. The van der Waals surface area contributed by atoms with Gasteiger partial charge in [-0.2, -0.15) is 0 Å². The van der Waals surface area contributed by atoms with Crippen LogP contribution in [0.25, 0.3) is 0 Å². The highest BCUT2D eigenvalue weighted by atomic mass is 16.1. The molecule has 2 aromatic rings. The number of aryl methyl sites for hydroxylation is 2. The van der Waals surface area contributed by atoms with Gasteiger partial charge in [0.1, 0.15) is 0 Å². The minimum absolute atomic E-state index is 0.124. The molecular weight excluding hydrogens is 238 g/mol. The van der Waals surface area contributed by atoms with Crippen LogP contribution in [-0.2, 0) is 6.54 Å². The van der Waals surface area contributed by atoms with E-state index in [2.05, 4.69) is 10.3 Å². The Bertz CT molecular complexity index is 571. The summed E-state index contributed by atoms with van der Waals surface area (Å²) in [6.07, 6.45) is 3.28. The highest BCUT2D eigenvalue weighted by Crippen LogP contribution is 2.17. The number of anilines is 1. The first-order valence-corrected chi connectivity index (χ1v) is 6.13. The summed E-state index contributed by atoms with van der Waals surface area (Å²) in [6.45, 7) is 4.43. The minimum Gasteiger partial charge on any atom is -0.326 e.